The van der Waals surface area contributed by atoms with E-state index in [4.69, 9.17) is 0 Å². The molecule has 1 fully saturated rings. The fourth-order valence-corrected chi connectivity index (χ4v) is 2.80. The van der Waals surface area contributed by atoms with Gasteiger partial charge < -0.3 is 15.1 Å². The second-order valence-corrected chi connectivity index (χ2v) is 5.19. The van der Waals surface area contributed by atoms with Crippen LogP contribution in [0.25, 0.3) is 0 Å². The van der Waals surface area contributed by atoms with E-state index >= 15 is 0 Å². The normalized spacial score (nSPS) is 17.3. The molecule has 0 radical (unpaired) electrons. The van der Waals surface area contributed by atoms with Gasteiger partial charge in [0.25, 0.3) is 0 Å². The largest absolute Gasteiger partial charge is 0.508 e. The molecule has 0 bridgehead atoms. The minimum absolute atomic E-state index is 0.00245. The first-order valence-corrected chi connectivity index (χ1v) is 6.76. The molecule has 2 N–H and O–H groups in total. The fourth-order valence-electron chi connectivity index (χ4n) is 2.80. The lowest BCUT2D eigenvalue weighted by Crippen LogP contribution is -2.54. The van der Waals surface area contributed by atoms with E-state index in [2.05, 4.69) is 0 Å². The van der Waals surface area contributed by atoms with Crippen LogP contribution in [-0.4, -0.2) is 33.0 Å². The predicted octanol–water partition coefficient (Wildman–Crippen LogP) is 2.09. The van der Waals surface area contributed by atoms with E-state index in [1.165, 1.54) is 24.0 Å². The molecule has 1 unspecified atom stereocenters. The van der Waals surface area contributed by atoms with Crippen LogP contribution in [0.5, 0.6) is 5.75 Å². The molecular weight excluding hydrogens is 258 g/mol. The van der Waals surface area contributed by atoms with Gasteiger partial charge in [-0.25, -0.2) is 4.79 Å². The van der Waals surface area contributed by atoms with Gasteiger partial charge in [-0.15, -0.1) is 0 Å². The number of benzene rings is 1. The average molecular weight is 277 g/mol. The number of phenols is 1. The van der Waals surface area contributed by atoms with Crippen molar-refractivity contribution < 1.29 is 19.8 Å². The third kappa shape index (κ3) is 2.24. The highest BCUT2D eigenvalue weighted by Gasteiger charge is 2.51. The highest BCUT2D eigenvalue weighted by molar-refractivity contribution is 5.88. The molecule has 108 valence electrons. The number of aliphatic carboxylic acids is 1. The first kappa shape index (κ1) is 14.4. The molecule has 5 nitrogen and oxygen atoms in total. The summed E-state index contributed by atoms with van der Waals surface area (Å²) in [5.41, 5.74) is -0.840. The first-order chi connectivity index (χ1) is 9.43. The highest BCUT2D eigenvalue weighted by Crippen LogP contribution is 2.41. The Morgan fingerprint density at radius 3 is 2.20 bits per heavy atom. The van der Waals surface area contributed by atoms with E-state index in [-0.39, 0.29) is 24.1 Å². The molecular formula is C15H19NO4. The Morgan fingerprint density at radius 1 is 1.30 bits per heavy atom. The minimum Gasteiger partial charge on any atom is -0.508 e. The summed E-state index contributed by atoms with van der Waals surface area (Å²) in [6, 6.07) is 6.05. The van der Waals surface area contributed by atoms with E-state index < -0.39 is 11.5 Å². The van der Waals surface area contributed by atoms with Crippen LogP contribution in [-0.2, 0) is 15.1 Å². The lowest BCUT2D eigenvalue weighted by molar-refractivity contribution is -0.161. The molecule has 2 rings (SSSR count). The van der Waals surface area contributed by atoms with Crippen LogP contribution in [0.4, 0.5) is 0 Å². The second kappa shape index (κ2) is 5.15. The molecule has 0 saturated heterocycles. The molecule has 0 heterocycles. The van der Waals surface area contributed by atoms with Crippen LogP contribution in [0.3, 0.4) is 0 Å². The lowest BCUT2D eigenvalue weighted by atomic mass is 9.84. The van der Waals surface area contributed by atoms with Crippen molar-refractivity contribution in [3.63, 3.8) is 0 Å². The molecule has 1 saturated carbocycles. The number of nitrogens with zero attached hydrogens (tertiary/aromatic N) is 1. The van der Waals surface area contributed by atoms with Crippen LogP contribution < -0.4 is 0 Å². The van der Waals surface area contributed by atoms with Crippen LogP contribution in [0, 0.1) is 0 Å². The monoisotopic (exact) mass is 277 g/mol. The SMILES string of the molecule is CCC(C(=O)O)(c1ccc(O)cc1)N(C(C)=O)C1CC1. The molecule has 1 aliphatic carbocycles. The first-order valence-electron chi connectivity index (χ1n) is 6.76. The van der Waals surface area contributed by atoms with Gasteiger partial charge in [0, 0.05) is 13.0 Å². The number of rotatable bonds is 5. The maximum absolute atomic E-state index is 12.0. The maximum Gasteiger partial charge on any atom is 0.334 e. The van der Waals surface area contributed by atoms with Crippen molar-refractivity contribution in [2.45, 2.75) is 44.7 Å². The molecule has 1 aromatic rings. The van der Waals surface area contributed by atoms with Crippen molar-refractivity contribution in [2.24, 2.45) is 0 Å². The summed E-state index contributed by atoms with van der Waals surface area (Å²) in [5, 5.41) is 19.2. The summed E-state index contributed by atoms with van der Waals surface area (Å²) < 4.78 is 0. The molecule has 1 aliphatic rings. The number of amides is 1. The number of hydrogen-bond donors (Lipinski definition) is 2. The number of carboxylic acid groups (broad SMARTS) is 1. The number of carbonyl (C=O) groups is 2. The van der Waals surface area contributed by atoms with Gasteiger partial charge >= 0.3 is 5.97 Å². The smallest absolute Gasteiger partial charge is 0.334 e. The zero-order chi connectivity index (χ0) is 14.9. The summed E-state index contributed by atoms with van der Waals surface area (Å²) >= 11 is 0. The van der Waals surface area contributed by atoms with Crippen LogP contribution in [0.15, 0.2) is 24.3 Å². The Bertz CT molecular complexity index is 521. The average Bonchev–Trinajstić information content (AvgIpc) is 3.20. The van der Waals surface area contributed by atoms with Crippen molar-refractivity contribution in [3.8, 4) is 5.75 Å². The standard InChI is InChI=1S/C15H19NO4/c1-3-15(14(19)20,11-4-8-13(18)9-5-11)16(10(2)17)12-6-7-12/h4-5,8-9,12,18H,3,6-7H2,1-2H3,(H,19,20). The van der Waals surface area contributed by atoms with Gasteiger partial charge in [-0.1, -0.05) is 19.1 Å². The molecule has 1 aromatic carbocycles. The van der Waals surface area contributed by atoms with Gasteiger partial charge in [-0.3, -0.25) is 4.79 Å². The summed E-state index contributed by atoms with van der Waals surface area (Å²) in [6.07, 6.45) is 1.96. The highest BCUT2D eigenvalue weighted by atomic mass is 16.4. The van der Waals surface area contributed by atoms with Gasteiger partial charge in [0.05, 0.1) is 0 Å². The van der Waals surface area contributed by atoms with E-state index in [0.717, 1.165) is 12.8 Å². The fraction of sp³-hybridized carbons (Fsp3) is 0.467. The Balaban J connectivity index is 2.56. The number of hydrogen-bond acceptors (Lipinski definition) is 3. The predicted molar refractivity (Wildman–Crippen MR) is 73.3 cm³/mol. The quantitative estimate of drug-likeness (QED) is 0.864. The molecule has 20 heavy (non-hydrogen) atoms. The third-order valence-electron chi connectivity index (χ3n) is 3.87. The van der Waals surface area contributed by atoms with Crippen molar-refractivity contribution in [3.05, 3.63) is 29.8 Å². The van der Waals surface area contributed by atoms with Crippen LogP contribution in [0.2, 0.25) is 0 Å². The zero-order valence-corrected chi connectivity index (χ0v) is 11.7. The molecule has 1 amide bonds. The molecule has 0 aliphatic heterocycles. The van der Waals surface area contributed by atoms with E-state index in [1.54, 1.807) is 19.1 Å². The van der Waals surface area contributed by atoms with Gasteiger partial charge in [-0.05, 0) is 37.0 Å². The van der Waals surface area contributed by atoms with Crippen LogP contribution >= 0.6 is 0 Å². The van der Waals surface area contributed by atoms with Gasteiger partial charge in [0.15, 0.2) is 5.54 Å². The van der Waals surface area contributed by atoms with E-state index in [1.807, 2.05) is 0 Å². The van der Waals surface area contributed by atoms with Crippen molar-refractivity contribution in [1.29, 1.82) is 0 Å². The Kier molecular flexibility index (Phi) is 3.70. The van der Waals surface area contributed by atoms with Crippen molar-refractivity contribution in [1.82, 2.24) is 4.90 Å². The topological polar surface area (TPSA) is 77.8 Å². The zero-order valence-electron chi connectivity index (χ0n) is 11.7. The molecule has 0 aromatic heterocycles. The van der Waals surface area contributed by atoms with Gasteiger partial charge in [-0.2, -0.15) is 0 Å². The second-order valence-electron chi connectivity index (χ2n) is 5.19. The summed E-state index contributed by atoms with van der Waals surface area (Å²) in [5.74, 6) is -1.19. The summed E-state index contributed by atoms with van der Waals surface area (Å²) in [7, 11) is 0. The van der Waals surface area contributed by atoms with Gasteiger partial charge in [0.2, 0.25) is 5.91 Å². The van der Waals surface area contributed by atoms with Crippen LogP contribution in [0.1, 0.15) is 38.7 Å². The minimum atomic E-state index is -1.36. The van der Waals surface area contributed by atoms with Crippen molar-refractivity contribution in [2.75, 3.05) is 0 Å². The van der Waals surface area contributed by atoms with E-state index in [0.29, 0.717) is 5.56 Å². The molecule has 5 heteroatoms. The lowest BCUT2D eigenvalue weighted by Gasteiger charge is -2.40. The Morgan fingerprint density at radius 2 is 1.85 bits per heavy atom. The summed E-state index contributed by atoms with van der Waals surface area (Å²) in [4.78, 5) is 25.4. The van der Waals surface area contributed by atoms with Crippen molar-refractivity contribution >= 4 is 11.9 Å². The number of phenolic OH excluding ortho intramolecular Hbond substituents is 1. The summed E-state index contributed by atoms with van der Waals surface area (Å²) in [6.45, 7) is 3.17. The third-order valence-corrected chi connectivity index (χ3v) is 3.87. The Labute approximate surface area is 117 Å². The molecule has 1 atom stereocenters. The maximum atomic E-state index is 12.0. The van der Waals surface area contributed by atoms with E-state index in [9.17, 15) is 19.8 Å². The molecule has 0 spiro atoms. The number of carboxylic acids is 1. The number of aromatic hydroxyl groups is 1. The van der Waals surface area contributed by atoms with Gasteiger partial charge in [0.1, 0.15) is 5.75 Å². The Hall–Kier alpha value is -2.04. The number of carbonyl (C=O) groups excluding carboxylic acids is 1.